The molecule has 0 radical (unpaired) electrons. The van der Waals surface area contributed by atoms with E-state index < -0.39 is 0 Å². The molecule has 0 aromatic heterocycles. The van der Waals surface area contributed by atoms with Crippen molar-refractivity contribution < 1.29 is 14.3 Å². The summed E-state index contributed by atoms with van der Waals surface area (Å²) in [5, 5.41) is 6.74. The highest BCUT2D eigenvalue weighted by atomic mass is 127. The molecule has 1 aliphatic rings. The Morgan fingerprint density at radius 1 is 1.16 bits per heavy atom. The van der Waals surface area contributed by atoms with E-state index in [-0.39, 0.29) is 35.9 Å². The first kappa shape index (κ1) is 24.8. The van der Waals surface area contributed by atoms with Crippen LogP contribution in [0.4, 0.5) is 0 Å². The van der Waals surface area contributed by atoms with Crippen molar-refractivity contribution in [1.82, 2.24) is 15.5 Å². The molecule has 7 nitrogen and oxygen atoms in total. The SMILES string of the molecule is CCC(=O)N1CCC(NC(=NC)NCc2ccc(Oc3ccccc3OC)cc2)C1.I. The molecule has 1 saturated heterocycles. The molecule has 2 aromatic rings. The van der Waals surface area contributed by atoms with Gasteiger partial charge in [0.05, 0.1) is 7.11 Å². The maximum Gasteiger partial charge on any atom is 0.222 e. The number of ether oxygens (including phenoxy) is 2. The highest BCUT2D eigenvalue weighted by Crippen LogP contribution is 2.30. The predicted octanol–water partition coefficient (Wildman–Crippen LogP) is 3.78. The number of likely N-dealkylation sites (tertiary alicyclic amines) is 1. The Kier molecular flexibility index (Phi) is 9.90. The number of hydrogen-bond donors (Lipinski definition) is 2. The molecule has 1 unspecified atom stereocenters. The number of nitrogens with zero attached hydrogens (tertiary/aromatic N) is 2. The van der Waals surface area contributed by atoms with E-state index in [1.165, 1.54) is 0 Å². The van der Waals surface area contributed by atoms with Gasteiger partial charge in [0.2, 0.25) is 5.91 Å². The monoisotopic (exact) mass is 538 g/mol. The van der Waals surface area contributed by atoms with Gasteiger partial charge in [-0.3, -0.25) is 9.79 Å². The second-order valence-electron chi connectivity index (χ2n) is 7.15. The first-order valence-corrected chi connectivity index (χ1v) is 10.3. The molecule has 8 heteroatoms. The lowest BCUT2D eigenvalue weighted by molar-refractivity contribution is -0.129. The van der Waals surface area contributed by atoms with E-state index in [4.69, 9.17) is 9.47 Å². The van der Waals surface area contributed by atoms with Crippen molar-refractivity contribution in [2.24, 2.45) is 4.99 Å². The summed E-state index contributed by atoms with van der Waals surface area (Å²) in [5.41, 5.74) is 1.11. The van der Waals surface area contributed by atoms with Crippen molar-refractivity contribution in [2.75, 3.05) is 27.2 Å². The van der Waals surface area contributed by atoms with Gasteiger partial charge in [0.15, 0.2) is 17.5 Å². The van der Waals surface area contributed by atoms with E-state index in [0.29, 0.717) is 24.5 Å². The average molecular weight is 538 g/mol. The molecule has 0 bridgehead atoms. The lowest BCUT2D eigenvalue weighted by Gasteiger charge is -2.19. The standard InChI is InChI=1S/C23H30N4O3.HI/c1-4-22(28)27-14-13-18(16-27)26-23(24-2)25-15-17-9-11-19(12-10-17)30-21-8-6-5-7-20(21)29-3;/h5-12,18H,4,13-16H2,1-3H3,(H2,24,25,26);1H. The van der Waals surface area contributed by atoms with Crippen LogP contribution in [0.15, 0.2) is 53.5 Å². The Bertz CT molecular complexity index is 873. The van der Waals surface area contributed by atoms with Crippen molar-refractivity contribution >= 4 is 35.8 Å². The van der Waals surface area contributed by atoms with E-state index in [0.717, 1.165) is 36.8 Å². The molecule has 2 aromatic carbocycles. The van der Waals surface area contributed by atoms with Crippen molar-refractivity contribution in [3.8, 4) is 17.2 Å². The molecule has 1 heterocycles. The summed E-state index contributed by atoms with van der Waals surface area (Å²) in [6.45, 7) is 4.06. The lowest BCUT2D eigenvalue weighted by atomic mass is 10.2. The third kappa shape index (κ3) is 7.02. The fraction of sp³-hybridized carbons (Fsp3) is 0.391. The first-order valence-electron chi connectivity index (χ1n) is 10.3. The number of benzene rings is 2. The third-order valence-electron chi connectivity index (χ3n) is 5.09. The van der Waals surface area contributed by atoms with E-state index in [9.17, 15) is 4.79 Å². The number of para-hydroxylation sites is 2. The van der Waals surface area contributed by atoms with Gasteiger partial charge in [0.1, 0.15) is 5.75 Å². The molecular weight excluding hydrogens is 507 g/mol. The van der Waals surface area contributed by atoms with Gasteiger partial charge in [-0.2, -0.15) is 0 Å². The molecule has 168 valence electrons. The summed E-state index contributed by atoms with van der Waals surface area (Å²) >= 11 is 0. The third-order valence-corrected chi connectivity index (χ3v) is 5.09. The van der Waals surface area contributed by atoms with Gasteiger partial charge in [-0.15, -0.1) is 24.0 Å². The minimum atomic E-state index is 0. The second-order valence-corrected chi connectivity index (χ2v) is 7.15. The smallest absolute Gasteiger partial charge is 0.222 e. The normalized spacial score (nSPS) is 15.8. The fourth-order valence-corrected chi connectivity index (χ4v) is 3.41. The number of guanidine groups is 1. The largest absolute Gasteiger partial charge is 0.493 e. The van der Waals surface area contributed by atoms with Crippen molar-refractivity contribution in [2.45, 2.75) is 32.4 Å². The van der Waals surface area contributed by atoms with Gasteiger partial charge in [0, 0.05) is 39.1 Å². The zero-order valence-corrected chi connectivity index (χ0v) is 20.6. The molecule has 0 aliphatic carbocycles. The quantitative estimate of drug-likeness (QED) is 0.319. The van der Waals surface area contributed by atoms with Gasteiger partial charge >= 0.3 is 0 Å². The molecule has 1 aliphatic heterocycles. The fourth-order valence-electron chi connectivity index (χ4n) is 3.41. The number of methoxy groups -OCH3 is 1. The Hall–Kier alpha value is -2.49. The van der Waals surface area contributed by atoms with Crippen molar-refractivity contribution in [3.05, 3.63) is 54.1 Å². The number of halogens is 1. The molecule has 0 saturated carbocycles. The molecule has 2 N–H and O–H groups in total. The van der Waals surface area contributed by atoms with Crippen LogP contribution in [0.5, 0.6) is 17.2 Å². The summed E-state index contributed by atoms with van der Waals surface area (Å²) in [7, 11) is 3.38. The maximum absolute atomic E-state index is 11.8. The topological polar surface area (TPSA) is 75.2 Å². The van der Waals surface area contributed by atoms with E-state index in [1.807, 2.05) is 60.4 Å². The van der Waals surface area contributed by atoms with Gasteiger partial charge in [-0.05, 0) is 36.2 Å². The maximum atomic E-state index is 11.8. The predicted molar refractivity (Wildman–Crippen MR) is 134 cm³/mol. The number of rotatable bonds is 7. The van der Waals surface area contributed by atoms with Gasteiger partial charge in [0.25, 0.3) is 0 Å². The van der Waals surface area contributed by atoms with Crippen LogP contribution in [0.25, 0.3) is 0 Å². The molecule has 1 fully saturated rings. The van der Waals surface area contributed by atoms with Crippen LogP contribution < -0.4 is 20.1 Å². The Morgan fingerprint density at radius 2 is 1.87 bits per heavy atom. The molecule has 3 rings (SSSR count). The number of carbonyl (C=O) groups is 1. The average Bonchev–Trinajstić information content (AvgIpc) is 3.26. The van der Waals surface area contributed by atoms with E-state index in [1.54, 1.807) is 14.2 Å². The minimum Gasteiger partial charge on any atom is -0.493 e. The van der Waals surface area contributed by atoms with Crippen LogP contribution in [0.2, 0.25) is 0 Å². The number of aliphatic imine (C=N–C) groups is 1. The van der Waals surface area contributed by atoms with Crippen LogP contribution >= 0.6 is 24.0 Å². The zero-order chi connectivity index (χ0) is 21.3. The molecule has 1 atom stereocenters. The summed E-state index contributed by atoms with van der Waals surface area (Å²) < 4.78 is 11.2. The van der Waals surface area contributed by atoms with Crippen LogP contribution in [-0.2, 0) is 11.3 Å². The number of amides is 1. The number of nitrogens with one attached hydrogen (secondary N) is 2. The molecule has 1 amide bonds. The molecule has 31 heavy (non-hydrogen) atoms. The summed E-state index contributed by atoms with van der Waals surface area (Å²) in [5.74, 6) is 3.07. The van der Waals surface area contributed by atoms with Crippen molar-refractivity contribution in [1.29, 1.82) is 0 Å². The minimum absolute atomic E-state index is 0. The highest BCUT2D eigenvalue weighted by Gasteiger charge is 2.25. The molecule has 0 spiro atoms. The number of hydrogen-bond acceptors (Lipinski definition) is 4. The Morgan fingerprint density at radius 3 is 2.52 bits per heavy atom. The second kappa shape index (κ2) is 12.4. The van der Waals surface area contributed by atoms with Gasteiger partial charge < -0.3 is 25.0 Å². The Balaban J connectivity index is 0.00000341. The van der Waals surface area contributed by atoms with Crippen LogP contribution in [-0.4, -0.2) is 50.1 Å². The van der Waals surface area contributed by atoms with Gasteiger partial charge in [-0.1, -0.05) is 31.2 Å². The number of carbonyl (C=O) groups excluding carboxylic acids is 1. The van der Waals surface area contributed by atoms with E-state index in [2.05, 4.69) is 15.6 Å². The Labute approximate surface area is 201 Å². The first-order chi connectivity index (χ1) is 14.6. The van der Waals surface area contributed by atoms with E-state index >= 15 is 0 Å². The van der Waals surface area contributed by atoms with Crippen molar-refractivity contribution in [3.63, 3.8) is 0 Å². The summed E-state index contributed by atoms with van der Waals surface area (Å²) in [6.07, 6.45) is 1.48. The summed E-state index contributed by atoms with van der Waals surface area (Å²) in [6, 6.07) is 15.7. The zero-order valence-electron chi connectivity index (χ0n) is 18.3. The van der Waals surface area contributed by atoms with Crippen LogP contribution in [0.3, 0.4) is 0 Å². The van der Waals surface area contributed by atoms with Gasteiger partial charge in [-0.25, -0.2) is 0 Å². The highest BCUT2D eigenvalue weighted by molar-refractivity contribution is 14.0. The summed E-state index contributed by atoms with van der Waals surface area (Å²) in [4.78, 5) is 18.0. The van der Waals surface area contributed by atoms with Crippen LogP contribution in [0, 0.1) is 0 Å². The molecular formula is C23H31IN4O3. The lowest BCUT2D eigenvalue weighted by Crippen LogP contribution is -2.44. The van der Waals surface area contributed by atoms with Crippen LogP contribution in [0.1, 0.15) is 25.3 Å².